The third-order valence-corrected chi connectivity index (χ3v) is 5.35. The molecule has 0 spiro atoms. The summed E-state index contributed by atoms with van der Waals surface area (Å²) >= 11 is 0. The first-order valence-electron chi connectivity index (χ1n) is 10.8. The van der Waals surface area contributed by atoms with Crippen LogP contribution in [0.1, 0.15) is 36.4 Å². The van der Waals surface area contributed by atoms with Crippen molar-refractivity contribution in [2.45, 2.75) is 40.7 Å². The van der Waals surface area contributed by atoms with Gasteiger partial charge in [0.05, 0.1) is 18.7 Å². The number of hydrogen-bond acceptors (Lipinski definition) is 5. The highest BCUT2D eigenvalue weighted by Crippen LogP contribution is 2.16. The Balaban J connectivity index is 1.44. The van der Waals surface area contributed by atoms with E-state index in [4.69, 9.17) is 9.26 Å². The monoisotopic (exact) mass is 428 g/mol. The zero-order valence-electron chi connectivity index (χ0n) is 18.8. The number of urea groups is 1. The predicted octanol–water partition coefficient (Wildman–Crippen LogP) is 2.92. The molecule has 31 heavy (non-hydrogen) atoms. The van der Waals surface area contributed by atoms with Crippen LogP contribution in [-0.4, -0.2) is 59.7 Å². The van der Waals surface area contributed by atoms with Gasteiger partial charge in [0.15, 0.2) is 0 Å². The van der Waals surface area contributed by atoms with Gasteiger partial charge in [-0.3, -0.25) is 4.79 Å². The summed E-state index contributed by atoms with van der Waals surface area (Å²) in [4.78, 5) is 28.7. The topological polar surface area (TPSA) is 87.9 Å². The molecular formula is C23H32N4O4. The van der Waals surface area contributed by atoms with Gasteiger partial charge in [0.25, 0.3) is 0 Å². The van der Waals surface area contributed by atoms with Gasteiger partial charge in [-0.05, 0) is 37.5 Å². The predicted molar refractivity (Wildman–Crippen MR) is 117 cm³/mol. The second-order valence-electron chi connectivity index (χ2n) is 8.36. The molecular weight excluding hydrogens is 396 g/mol. The average Bonchev–Trinajstić information content (AvgIpc) is 3.08. The van der Waals surface area contributed by atoms with E-state index in [1.54, 1.807) is 9.80 Å². The van der Waals surface area contributed by atoms with Crippen LogP contribution in [0, 0.1) is 19.8 Å². The number of nitrogens with zero attached hydrogens (tertiary/aromatic N) is 3. The fraction of sp³-hybridized carbons (Fsp3) is 0.522. The van der Waals surface area contributed by atoms with Crippen molar-refractivity contribution in [2.75, 3.05) is 32.8 Å². The third-order valence-electron chi connectivity index (χ3n) is 5.35. The molecule has 3 rings (SSSR count). The fourth-order valence-electron chi connectivity index (χ4n) is 3.47. The van der Waals surface area contributed by atoms with E-state index in [1.807, 2.05) is 38.1 Å². The summed E-state index contributed by atoms with van der Waals surface area (Å²) in [7, 11) is 0. The van der Waals surface area contributed by atoms with Gasteiger partial charge in [0.2, 0.25) is 5.91 Å². The van der Waals surface area contributed by atoms with E-state index in [0.29, 0.717) is 51.0 Å². The molecule has 1 fully saturated rings. The molecule has 168 valence electrons. The molecule has 8 heteroatoms. The number of rotatable bonds is 7. The average molecular weight is 429 g/mol. The minimum absolute atomic E-state index is 0.0349. The van der Waals surface area contributed by atoms with Crippen LogP contribution in [0.3, 0.4) is 0 Å². The van der Waals surface area contributed by atoms with E-state index >= 15 is 0 Å². The molecule has 0 atom stereocenters. The van der Waals surface area contributed by atoms with Crippen molar-refractivity contribution < 1.29 is 18.8 Å². The van der Waals surface area contributed by atoms with Crippen LogP contribution in [0.5, 0.6) is 5.75 Å². The number of amides is 3. The molecule has 1 aliphatic heterocycles. The Bertz CT molecular complexity index is 881. The van der Waals surface area contributed by atoms with Crippen LogP contribution in [0.2, 0.25) is 0 Å². The van der Waals surface area contributed by atoms with Crippen LogP contribution in [-0.2, 0) is 17.8 Å². The largest absolute Gasteiger partial charge is 0.493 e. The molecule has 1 N–H and O–H groups in total. The Morgan fingerprint density at radius 1 is 1.16 bits per heavy atom. The maximum absolute atomic E-state index is 12.6. The van der Waals surface area contributed by atoms with Crippen molar-refractivity contribution in [3.05, 3.63) is 46.8 Å². The first kappa shape index (κ1) is 22.7. The first-order valence-corrected chi connectivity index (χ1v) is 10.8. The second-order valence-corrected chi connectivity index (χ2v) is 8.36. The van der Waals surface area contributed by atoms with Gasteiger partial charge in [-0.1, -0.05) is 31.1 Å². The van der Waals surface area contributed by atoms with E-state index < -0.39 is 0 Å². The summed E-state index contributed by atoms with van der Waals surface area (Å²) in [6.45, 7) is 11.0. The smallest absolute Gasteiger partial charge is 0.317 e. The van der Waals surface area contributed by atoms with Crippen molar-refractivity contribution in [2.24, 2.45) is 5.92 Å². The molecule has 0 unspecified atom stereocenters. The van der Waals surface area contributed by atoms with Crippen LogP contribution in [0.15, 0.2) is 28.8 Å². The van der Waals surface area contributed by atoms with E-state index in [1.165, 1.54) is 0 Å². The second kappa shape index (κ2) is 10.3. The van der Waals surface area contributed by atoms with Crippen molar-refractivity contribution in [1.82, 2.24) is 20.3 Å². The van der Waals surface area contributed by atoms with Crippen LogP contribution >= 0.6 is 0 Å². The fourth-order valence-corrected chi connectivity index (χ4v) is 3.47. The number of aryl methyl sites for hydroxylation is 2. The van der Waals surface area contributed by atoms with Gasteiger partial charge < -0.3 is 24.4 Å². The molecule has 3 amide bonds. The molecule has 0 saturated carbocycles. The number of piperazine rings is 1. The summed E-state index contributed by atoms with van der Waals surface area (Å²) in [5.41, 5.74) is 2.59. The standard InChI is InChI=1S/C23H32N4O4/c1-16(2)15-30-20-7-5-6-19(12-20)14-24-23(29)27-10-8-26(9-11-27)22(28)13-21-17(3)25-31-18(21)4/h5-7,12,16H,8-11,13-15H2,1-4H3,(H,24,29). The summed E-state index contributed by atoms with van der Waals surface area (Å²) in [6, 6.07) is 7.65. The first-order chi connectivity index (χ1) is 14.8. The molecule has 1 aliphatic rings. The Labute approximate surface area is 183 Å². The lowest BCUT2D eigenvalue weighted by molar-refractivity contribution is -0.131. The number of hydrogen-bond donors (Lipinski definition) is 1. The maximum atomic E-state index is 12.6. The highest BCUT2D eigenvalue weighted by molar-refractivity contribution is 5.80. The SMILES string of the molecule is Cc1noc(C)c1CC(=O)N1CCN(C(=O)NCc2cccc(OCC(C)C)c2)CC1. The van der Waals surface area contributed by atoms with E-state index in [9.17, 15) is 9.59 Å². The zero-order chi connectivity index (χ0) is 22.4. The van der Waals surface area contributed by atoms with Gasteiger partial charge in [-0.15, -0.1) is 0 Å². The minimum Gasteiger partial charge on any atom is -0.493 e. The van der Waals surface area contributed by atoms with Gasteiger partial charge in [-0.25, -0.2) is 4.79 Å². The number of nitrogens with one attached hydrogen (secondary N) is 1. The lowest BCUT2D eigenvalue weighted by Gasteiger charge is -2.34. The van der Waals surface area contributed by atoms with Gasteiger partial charge >= 0.3 is 6.03 Å². The molecule has 1 saturated heterocycles. The highest BCUT2D eigenvalue weighted by atomic mass is 16.5. The minimum atomic E-state index is -0.119. The zero-order valence-corrected chi connectivity index (χ0v) is 18.8. The third kappa shape index (κ3) is 6.23. The molecule has 2 heterocycles. The summed E-state index contributed by atoms with van der Waals surface area (Å²) in [6.07, 6.45) is 0.280. The van der Waals surface area contributed by atoms with Crippen LogP contribution < -0.4 is 10.1 Å². The number of ether oxygens (including phenoxy) is 1. The van der Waals surface area contributed by atoms with Crippen molar-refractivity contribution in [3.8, 4) is 5.75 Å². The van der Waals surface area contributed by atoms with Crippen LogP contribution in [0.4, 0.5) is 4.79 Å². The molecule has 1 aromatic heterocycles. The van der Waals surface area contributed by atoms with E-state index in [2.05, 4.69) is 24.3 Å². The number of carbonyl (C=O) groups excluding carboxylic acids is 2. The summed E-state index contributed by atoms with van der Waals surface area (Å²) in [5, 5.41) is 6.87. The number of aromatic nitrogens is 1. The lowest BCUT2D eigenvalue weighted by Crippen LogP contribution is -2.53. The molecule has 1 aromatic carbocycles. The Morgan fingerprint density at radius 3 is 2.52 bits per heavy atom. The molecule has 8 nitrogen and oxygen atoms in total. The van der Waals surface area contributed by atoms with E-state index in [0.717, 1.165) is 22.6 Å². The van der Waals surface area contributed by atoms with Crippen molar-refractivity contribution >= 4 is 11.9 Å². The van der Waals surface area contributed by atoms with Gasteiger partial charge in [-0.2, -0.15) is 0 Å². The maximum Gasteiger partial charge on any atom is 0.317 e. The molecule has 0 aliphatic carbocycles. The Kier molecular flexibility index (Phi) is 7.55. The quantitative estimate of drug-likeness (QED) is 0.733. The van der Waals surface area contributed by atoms with Crippen molar-refractivity contribution in [1.29, 1.82) is 0 Å². The molecule has 0 radical (unpaired) electrons. The Hall–Kier alpha value is -3.03. The highest BCUT2D eigenvalue weighted by Gasteiger charge is 2.25. The number of carbonyl (C=O) groups is 2. The normalized spacial score (nSPS) is 14.1. The molecule has 0 bridgehead atoms. The summed E-state index contributed by atoms with van der Waals surface area (Å²) < 4.78 is 10.9. The van der Waals surface area contributed by atoms with Gasteiger partial charge in [0, 0.05) is 38.3 Å². The van der Waals surface area contributed by atoms with Crippen molar-refractivity contribution in [3.63, 3.8) is 0 Å². The lowest BCUT2D eigenvalue weighted by atomic mass is 10.1. The number of benzene rings is 1. The molecule has 2 aromatic rings. The van der Waals surface area contributed by atoms with Crippen LogP contribution in [0.25, 0.3) is 0 Å². The summed E-state index contributed by atoms with van der Waals surface area (Å²) in [5.74, 6) is 1.99. The van der Waals surface area contributed by atoms with E-state index in [-0.39, 0.29) is 18.4 Å². The Morgan fingerprint density at radius 2 is 1.87 bits per heavy atom. The van der Waals surface area contributed by atoms with Gasteiger partial charge in [0.1, 0.15) is 11.5 Å².